The average molecular weight is 252 g/mol. The van der Waals surface area contributed by atoms with Crippen LogP contribution in [0.25, 0.3) is 0 Å². The molecule has 0 bridgehead atoms. The van der Waals surface area contributed by atoms with E-state index in [4.69, 9.17) is 5.73 Å². The van der Waals surface area contributed by atoms with Crippen molar-refractivity contribution in [1.29, 1.82) is 0 Å². The van der Waals surface area contributed by atoms with Gasteiger partial charge in [0.1, 0.15) is 6.20 Å². The summed E-state index contributed by atoms with van der Waals surface area (Å²) in [6.07, 6.45) is 6.64. The average Bonchev–Trinajstić information content (AvgIpc) is 2.56. The van der Waals surface area contributed by atoms with Gasteiger partial charge >= 0.3 is 5.69 Å². The van der Waals surface area contributed by atoms with Crippen molar-refractivity contribution in [2.45, 2.75) is 52.0 Å². The number of hydrogen-bond donors (Lipinski definition) is 1. The number of nitrogens with zero attached hydrogens (tertiary/aromatic N) is 3. The number of aromatic nitrogens is 2. The Morgan fingerprint density at radius 3 is 2.83 bits per heavy atom. The topological polar surface area (TPSA) is 87.0 Å². The van der Waals surface area contributed by atoms with Crippen LogP contribution in [0.5, 0.6) is 0 Å². The van der Waals surface area contributed by atoms with Gasteiger partial charge in [0.2, 0.25) is 5.82 Å². The molecule has 1 aliphatic rings. The van der Waals surface area contributed by atoms with Gasteiger partial charge in [-0.05, 0) is 31.1 Å². The van der Waals surface area contributed by atoms with Crippen molar-refractivity contribution < 1.29 is 4.92 Å². The number of nitrogens with two attached hydrogens (primary N) is 1. The standard InChI is InChI=1S/C12H20N4O2/c1-12(2)6-3-4-9(5-7-12)15-11(13)10(8-14-15)16(17)18/h8-9H,3-7,13H2,1-2H3. The smallest absolute Gasteiger partial charge is 0.330 e. The zero-order valence-electron chi connectivity index (χ0n) is 10.9. The Balaban J connectivity index is 2.19. The van der Waals surface area contributed by atoms with Crippen LogP contribution in [0.1, 0.15) is 52.0 Å². The zero-order valence-corrected chi connectivity index (χ0v) is 10.9. The third-order valence-corrected chi connectivity index (χ3v) is 3.90. The van der Waals surface area contributed by atoms with Crippen LogP contribution in [0.2, 0.25) is 0 Å². The van der Waals surface area contributed by atoms with Crippen LogP contribution < -0.4 is 5.73 Å². The summed E-state index contributed by atoms with van der Waals surface area (Å²) in [5.74, 6) is 0.185. The van der Waals surface area contributed by atoms with Crippen molar-refractivity contribution >= 4 is 11.5 Å². The number of hydrogen-bond acceptors (Lipinski definition) is 4. The van der Waals surface area contributed by atoms with E-state index in [0.29, 0.717) is 5.41 Å². The van der Waals surface area contributed by atoms with Gasteiger partial charge in [-0.25, -0.2) is 4.68 Å². The molecule has 0 aromatic carbocycles. The first-order valence-corrected chi connectivity index (χ1v) is 6.38. The van der Waals surface area contributed by atoms with E-state index in [1.165, 1.54) is 12.6 Å². The second kappa shape index (κ2) is 4.59. The predicted molar refractivity (Wildman–Crippen MR) is 69.2 cm³/mol. The van der Waals surface area contributed by atoms with Crippen LogP contribution in [0.15, 0.2) is 6.20 Å². The van der Waals surface area contributed by atoms with Crippen molar-refractivity contribution in [2.75, 3.05) is 5.73 Å². The van der Waals surface area contributed by atoms with Crippen LogP contribution in [0.4, 0.5) is 11.5 Å². The van der Waals surface area contributed by atoms with Gasteiger partial charge in [-0.15, -0.1) is 0 Å². The molecule has 1 aromatic rings. The summed E-state index contributed by atoms with van der Waals surface area (Å²) in [7, 11) is 0. The minimum Gasteiger partial charge on any atom is -0.378 e. The summed E-state index contributed by atoms with van der Waals surface area (Å²) in [4.78, 5) is 10.3. The first-order valence-electron chi connectivity index (χ1n) is 6.38. The van der Waals surface area contributed by atoms with Crippen molar-refractivity contribution in [3.63, 3.8) is 0 Å². The van der Waals surface area contributed by atoms with Gasteiger partial charge < -0.3 is 5.73 Å². The van der Waals surface area contributed by atoms with E-state index in [0.717, 1.165) is 25.7 Å². The van der Waals surface area contributed by atoms with Crippen molar-refractivity contribution in [1.82, 2.24) is 9.78 Å². The SMILES string of the molecule is CC1(C)CCCC(n2ncc([N+](=O)[O-])c2N)CC1. The maximum Gasteiger partial charge on any atom is 0.330 e. The number of rotatable bonds is 2. The molecule has 0 aliphatic heterocycles. The molecular formula is C12H20N4O2. The van der Waals surface area contributed by atoms with Crippen molar-refractivity contribution in [3.8, 4) is 0 Å². The molecule has 0 amide bonds. The molecule has 2 rings (SSSR count). The molecule has 6 heteroatoms. The first kappa shape index (κ1) is 12.9. The minimum absolute atomic E-state index is 0.0847. The lowest BCUT2D eigenvalue weighted by Gasteiger charge is -2.22. The Kier molecular flexibility index (Phi) is 3.28. The van der Waals surface area contributed by atoms with E-state index in [-0.39, 0.29) is 17.5 Å². The quantitative estimate of drug-likeness (QED) is 0.498. The molecule has 1 saturated carbocycles. The van der Waals surface area contributed by atoms with Crippen molar-refractivity contribution in [2.24, 2.45) is 5.41 Å². The summed E-state index contributed by atoms with van der Waals surface area (Å²) in [5, 5.41) is 14.9. The maximum absolute atomic E-state index is 10.8. The number of nitrogen functional groups attached to an aromatic ring is 1. The lowest BCUT2D eigenvalue weighted by Crippen LogP contribution is -2.14. The first-order chi connectivity index (χ1) is 8.41. The van der Waals surface area contributed by atoms with Gasteiger partial charge in [-0.1, -0.05) is 20.3 Å². The molecule has 1 aromatic heterocycles. The molecule has 1 unspecified atom stereocenters. The van der Waals surface area contributed by atoms with E-state index in [2.05, 4.69) is 18.9 Å². The second-order valence-electron chi connectivity index (χ2n) is 5.87. The summed E-state index contributed by atoms with van der Waals surface area (Å²) in [5.41, 5.74) is 6.08. The third kappa shape index (κ3) is 2.47. The van der Waals surface area contributed by atoms with Gasteiger partial charge in [0.15, 0.2) is 0 Å². The summed E-state index contributed by atoms with van der Waals surface area (Å²) in [6, 6.07) is 0.195. The Labute approximate surface area is 106 Å². The molecule has 1 heterocycles. The Bertz CT molecular complexity index is 453. The fourth-order valence-electron chi connectivity index (χ4n) is 2.68. The lowest BCUT2D eigenvalue weighted by atomic mass is 9.85. The van der Waals surface area contributed by atoms with Gasteiger partial charge in [-0.3, -0.25) is 10.1 Å². The fourth-order valence-corrected chi connectivity index (χ4v) is 2.68. The Morgan fingerprint density at radius 2 is 2.22 bits per heavy atom. The Hall–Kier alpha value is -1.59. The van der Waals surface area contributed by atoms with Gasteiger partial charge in [-0.2, -0.15) is 5.10 Å². The fraction of sp³-hybridized carbons (Fsp3) is 0.750. The van der Waals surface area contributed by atoms with Gasteiger partial charge in [0.05, 0.1) is 11.0 Å². The highest BCUT2D eigenvalue weighted by Gasteiger charge is 2.28. The van der Waals surface area contributed by atoms with E-state index >= 15 is 0 Å². The van der Waals surface area contributed by atoms with Gasteiger partial charge in [0, 0.05) is 0 Å². The van der Waals surface area contributed by atoms with E-state index < -0.39 is 4.92 Å². The van der Waals surface area contributed by atoms with Crippen LogP contribution >= 0.6 is 0 Å². The Morgan fingerprint density at radius 1 is 1.50 bits per heavy atom. The number of nitro groups is 1. The molecule has 0 spiro atoms. The summed E-state index contributed by atoms with van der Waals surface area (Å²) in [6.45, 7) is 4.54. The monoisotopic (exact) mass is 252 g/mol. The van der Waals surface area contributed by atoms with Crippen LogP contribution in [0.3, 0.4) is 0 Å². The normalized spacial score (nSPS) is 23.6. The molecule has 18 heavy (non-hydrogen) atoms. The highest BCUT2D eigenvalue weighted by atomic mass is 16.6. The molecule has 1 fully saturated rings. The highest BCUT2D eigenvalue weighted by Crippen LogP contribution is 2.39. The molecule has 0 radical (unpaired) electrons. The van der Waals surface area contributed by atoms with Crippen LogP contribution in [-0.2, 0) is 0 Å². The molecule has 1 aliphatic carbocycles. The molecule has 6 nitrogen and oxygen atoms in total. The second-order valence-corrected chi connectivity index (χ2v) is 5.87. The maximum atomic E-state index is 10.8. The predicted octanol–water partition coefficient (Wildman–Crippen LogP) is 2.90. The van der Waals surface area contributed by atoms with Crippen LogP contribution in [0, 0.1) is 15.5 Å². The lowest BCUT2D eigenvalue weighted by molar-refractivity contribution is -0.384. The number of anilines is 1. The highest BCUT2D eigenvalue weighted by molar-refractivity contribution is 5.51. The molecule has 0 saturated heterocycles. The molecule has 100 valence electrons. The molecule has 2 N–H and O–H groups in total. The van der Waals surface area contributed by atoms with Crippen LogP contribution in [-0.4, -0.2) is 14.7 Å². The minimum atomic E-state index is -0.473. The molecule has 1 atom stereocenters. The van der Waals surface area contributed by atoms with E-state index in [1.807, 2.05) is 0 Å². The van der Waals surface area contributed by atoms with Gasteiger partial charge in [0.25, 0.3) is 0 Å². The van der Waals surface area contributed by atoms with Crippen molar-refractivity contribution in [3.05, 3.63) is 16.3 Å². The zero-order chi connectivity index (χ0) is 13.3. The molecular weight excluding hydrogens is 232 g/mol. The van der Waals surface area contributed by atoms with E-state index in [9.17, 15) is 10.1 Å². The summed E-state index contributed by atoms with van der Waals surface area (Å²) < 4.78 is 1.64. The summed E-state index contributed by atoms with van der Waals surface area (Å²) >= 11 is 0. The third-order valence-electron chi connectivity index (χ3n) is 3.90. The largest absolute Gasteiger partial charge is 0.378 e. The van der Waals surface area contributed by atoms with E-state index in [1.54, 1.807) is 4.68 Å².